The number of carbonyl (C=O) groups excluding carboxylic acids is 1. The first-order valence-electron chi connectivity index (χ1n) is 5.34. The fraction of sp³-hybridized carbons (Fsp3) is 0.364. The first kappa shape index (κ1) is 12.7. The fourth-order valence-electron chi connectivity index (χ4n) is 1.68. The molecule has 2 heterocycles. The lowest BCUT2D eigenvalue weighted by molar-refractivity contribution is 0.111. The molecular weight excluding hydrogens is 252 g/mol. The third kappa shape index (κ3) is 2.02. The smallest absolute Gasteiger partial charge is 0.167 e. The Hall–Kier alpha value is -1.73. The molecule has 2 rings (SSSR count). The number of aliphatic hydroxyl groups is 1. The van der Waals surface area contributed by atoms with Gasteiger partial charge < -0.3 is 14.7 Å². The predicted octanol–water partition coefficient (Wildman–Crippen LogP) is 0.835. The molecule has 0 fully saturated rings. The first-order valence-corrected chi connectivity index (χ1v) is 6.15. The number of hydrogen-bond donors (Lipinski definition) is 1. The molecule has 0 unspecified atom stereocenters. The van der Waals surface area contributed by atoms with E-state index in [1.165, 1.54) is 11.3 Å². The van der Waals surface area contributed by atoms with Crippen LogP contribution in [0.4, 0.5) is 0 Å². The molecule has 6 nitrogen and oxygen atoms in total. The molecule has 0 aromatic carbocycles. The number of rotatable bonds is 4. The molecule has 0 spiro atoms. The minimum atomic E-state index is -0.0972. The monoisotopic (exact) mass is 266 g/mol. The molecule has 96 valence electrons. The maximum atomic E-state index is 11.1. The second-order valence-corrected chi connectivity index (χ2v) is 5.07. The molecule has 7 heteroatoms. The lowest BCUT2D eigenvalue weighted by atomic mass is 10.3. The Morgan fingerprint density at radius 3 is 2.83 bits per heavy atom. The van der Waals surface area contributed by atoms with E-state index in [0.717, 1.165) is 16.5 Å². The summed E-state index contributed by atoms with van der Waals surface area (Å²) in [5.41, 5.74) is 1.98. The zero-order valence-electron chi connectivity index (χ0n) is 10.4. The highest BCUT2D eigenvalue weighted by molar-refractivity contribution is 7.19. The zero-order valence-corrected chi connectivity index (χ0v) is 11.2. The van der Waals surface area contributed by atoms with E-state index in [1.54, 1.807) is 22.8 Å². The fourth-order valence-corrected chi connectivity index (χ4v) is 2.65. The van der Waals surface area contributed by atoms with Crippen molar-refractivity contribution >= 4 is 34.2 Å². The van der Waals surface area contributed by atoms with Gasteiger partial charge in [-0.25, -0.2) is 4.98 Å². The van der Waals surface area contributed by atoms with Crippen LogP contribution in [0.5, 0.6) is 0 Å². The van der Waals surface area contributed by atoms with Crippen LogP contribution in [0.25, 0.3) is 10.3 Å². The quantitative estimate of drug-likeness (QED) is 0.505. The van der Waals surface area contributed by atoms with Crippen molar-refractivity contribution in [3.8, 4) is 0 Å². The second kappa shape index (κ2) is 4.87. The standard InChI is InChI=1S/C11H14N4O2S/c1-14(2)12-4-7-8(5-16)15(3)11-10(7)18-9(6-17)13-11/h4-5,17H,6H2,1-3H3/b12-4-. The molecule has 0 amide bonds. The van der Waals surface area contributed by atoms with Crippen LogP contribution in [0.15, 0.2) is 5.10 Å². The highest BCUT2D eigenvalue weighted by Gasteiger charge is 2.17. The molecule has 0 saturated heterocycles. The lowest BCUT2D eigenvalue weighted by Crippen LogP contribution is -2.03. The van der Waals surface area contributed by atoms with Gasteiger partial charge in [0.25, 0.3) is 0 Å². The number of nitrogens with zero attached hydrogens (tertiary/aromatic N) is 4. The van der Waals surface area contributed by atoms with E-state index in [-0.39, 0.29) is 6.61 Å². The molecule has 1 N–H and O–H groups in total. The Balaban J connectivity index is 2.66. The molecule has 0 atom stereocenters. The summed E-state index contributed by atoms with van der Waals surface area (Å²) >= 11 is 1.38. The summed E-state index contributed by atoms with van der Waals surface area (Å²) in [6, 6.07) is 0. The number of hydrogen-bond acceptors (Lipinski definition) is 6. The van der Waals surface area contributed by atoms with Crippen molar-refractivity contribution in [3.63, 3.8) is 0 Å². The molecule has 0 radical (unpaired) electrons. The Kier molecular flexibility index (Phi) is 3.44. The van der Waals surface area contributed by atoms with Gasteiger partial charge in [0.15, 0.2) is 11.9 Å². The zero-order chi connectivity index (χ0) is 13.3. The maximum Gasteiger partial charge on any atom is 0.167 e. The Bertz CT molecular complexity index is 612. The summed E-state index contributed by atoms with van der Waals surface area (Å²) in [6.45, 7) is -0.0972. The second-order valence-electron chi connectivity index (χ2n) is 3.99. The van der Waals surface area contributed by atoms with Crippen molar-refractivity contribution in [2.24, 2.45) is 12.1 Å². The van der Waals surface area contributed by atoms with Gasteiger partial charge in [-0.3, -0.25) is 4.79 Å². The number of aliphatic hydroxyl groups excluding tert-OH is 1. The SMILES string of the molecule is CN(C)/N=C\c1c(C=O)n(C)c2nc(CO)sc12. The third-order valence-corrected chi connectivity index (χ3v) is 3.58. The van der Waals surface area contributed by atoms with Gasteiger partial charge in [-0.2, -0.15) is 5.10 Å². The summed E-state index contributed by atoms with van der Waals surface area (Å²) in [6.07, 6.45) is 2.44. The van der Waals surface area contributed by atoms with Crippen molar-refractivity contribution in [3.05, 3.63) is 16.3 Å². The third-order valence-electron chi connectivity index (χ3n) is 2.52. The molecule has 2 aromatic rings. The van der Waals surface area contributed by atoms with Crippen LogP contribution >= 0.6 is 11.3 Å². The van der Waals surface area contributed by atoms with Crippen LogP contribution < -0.4 is 0 Å². The van der Waals surface area contributed by atoms with Gasteiger partial charge in [0.1, 0.15) is 5.01 Å². The minimum Gasteiger partial charge on any atom is -0.389 e. The molecule has 0 aliphatic heterocycles. The van der Waals surface area contributed by atoms with E-state index in [0.29, 0.717) is 16.3 Å². The van der Waals surface area contributed by atoms with Gasteiger partial charge in [0.05, 0.1) is 23.2 Å². The van der Waals surface area contributed by atoms with Gasteiger partial charge in [0.2, 0.25) is 0 Å². The summed E-state index contributed by atoms with van der Waals surface area (Å²) in [4.78, 5) is 15.4. The van der Waals surface area contributed by atoms with Crippen molar-refractivity contribution in [2.75, 3.05) is 14.1 Å². The normalized spacial score (nSPS) is 11.6. The summed E-state index contributed by atoms with van der Waals surface area (Å²) < 4.78 is 2.59. The highest BCUT2D eigenvalue weighted by Crippen LogP contribution is 2.29. The van der Waals surface area contributed by atoms with E-state index in [2.05, 4.69) is 10.1 Å². The topological polar surface area (TPSA) is 70.7 Å². The van der Waals surface area contributed by atoms with Gasteiger partial charge in [-0.1, -0.05) is 0 Å². The average Bonchev–Trinajstić information content (AvgIpc) is 2.85. The van der Waals surface area contributed by atoms with Gasteiger partial charge in [0, 0.05) is 26.7 Å². The van der Waals surface area contributed by atoms with Crippen LogP contribution in [0.1, 0.15) is 21.1 Å². The van der Waals surface area contributed by atoms with Crippen LogP contribution in [0.2, 0.25) is 0 Å². The Morgan fingerprint density at radius 1 is 1.56 bits per heavy atom. The van der Waals surface area contributed by atoms with Crippen LogP contribution in [0.3, 0.4) is 0 Å². The maximum absolute atomic E-state index is 11.1. The Labute approximate surface area is 108 Å². The van der Waals surface area contributed by atoms with E-state index < -0.39 is 0 Å². The number of aryl methyl sites for hydroxylation is 1. The van der Waals surface area contributed by atoms with Gasteiger partial charge in [-0.05, 0) is 0 Å². The number of fused-ring (bicyclic) bond motifs is 1. The van der Waals surface area contributed by atoms with E-state index in [9.17, 15) is 4.79 Å². The van der Waals surface area contributed by atoms with Gasteiger partial charge >= 0.3 is 0 Å². The number of carbonyl (C=O) groups is 1. The van der Waals surface area contributed by atoms with Crippen molar-refractivity contribution in [1.82, 2.24) is 14.6 Å². The number of hydrazone groups is 1. The van der Waals surface area contributed by atoms with Gasteiger partial charge in [-0.15, -0.1) is 11.3 Å². The predicted molar refractivity (Wildman–Crippen MR) is 71.2 cm³/mol. The van der Waals surface area contributed by atoms with E-state index >= 15 is 0 Å². The van der Waals surface area contributed by atoms with E-state index in [1.807, 2.05) is 14.1 Å². The van der Waals surface area contributed by atoms with Crippen molar-refractivity contribution in [1.29, 1.82) is 0 Å². The number of aldehydes is 1. The number of thiazole rings is 1. The highest BCUT2D eigenvalue weighted by atomic mass is 32.1. The lowest BCUT2D eigenvalue weighted by Gasteiger charge is -2.02. The summed E-state index contributed by atoms with van der Waals surface area (Å²) in [7, 11) is 5.39. The molecule has 0 aliphatic carbocycles. The first-order chi connectivity index (χ1) is 8.58. The largest absolute Gasteiger partial charge is 0.389 e. The molecular formula is C11H14N4O2S. The Morgan fingerprint density at radius 2 is 2.28 bits per heavy atom. The minimum absolute atomic E-state index is 0.0972. The van der Waals surface area contributed by atoms with E-state index in [4.69, 9.17) is 5.11 Å². The van der Waals surface area contributed by atoms with Crippen LogP contribution in [0, 0.1) is 0 Å². The average molecular weight is 266 g/mol. The molecule has 0 aliphatic rings. The summed E-state index contributed by atoms with van der Waals surface area (Å²) in [5, 5.41) is 15.6. The molecule has 18 heavy (non-hydrogen) atoms. The van der Waals surface area contributed by atoms with Crippen molar-refractivity contribution < 1.29 is 9.90 Å². The molecule has 2 aromatic heterocycles. The number of aromatic nitrogens is 2. The molecule has 0 bridgehead atoms. The van der Waals surface area contributed by atoms with Crippen LogP contribution in [-0.4, -0.2) is 46.3 Å². The molecule has 0 saturated carbocycles. The van der Waals surface area contributed by atoms with Crippen LogP contribution in [-0.2, 0) is 13.7 Å². The summed E-state index contributed by atoms with van der Waals surface area (Å²) in [5.74, 6) is 0. The van der Waals surface area contributed by atoms with Crippen molar-refractivity contribution in [2.45, 2.75) is 6.61 Å².